The molecule has 0 aliphatic heterocycles. The highest BCUT2D eigenvalue weighted by molar-refractivity contribution is 5.95. The Morgan fingerprint density at radius 2 is 1.95 bits per heavy atom. The fourth-order valence-corrected chi connectivity index (χ4v) is 2.73. The first-order chi connectivity index (χ1) is 10.3. The first kappa shape index (κ1) is 16.7. The van der Waals surface area contributed by atoms with Gasteiger partial charge >= 0.3 is 6.61 Å². The molecule has 0 aromatic heterocycles. The maximum absolute atomic E-state index is 12.4. The maximum Gasteiger partial charge on any atom is 0.387 e. The molecule has 1 amide bonds. The molecule has 0 radical (unpaired) electrons. The van der Waals surface area contributed by atoms with E-state index in [2.05, 4.69) is 10.1 Å². The van der Waals surface area contributed by atoms with E-state index in [-0.39, 0.29) is 11.7 Å². The van der Waals surface area contributed by atoms with Gasteiger partial charge in [-0.25, -0.2) is 0 Å². The van der Waals surface area contributed by atoms with Gasteiger partial charge in [0.15, 0.2) is 0 Å². The standard InChI is InChI=1S/C16H22F2N2O2/c1-9-6-11(7-10(2)13(9)22-15(17)18)14(21)20-16(3,8-19)12-4-5-12/h6-7,12,15H,4-5,8,19H2,1-3H3,(H,20,21). The molecule has 1 fully saturated rings. The van der Waals surface area contributed by atoms with Crippen LogP contribution >= 0.6 is 0 Å². The fraction of sp³-hybridized carbons (Fsp3) is 0.562. The SMILES string of the molecule is Cc1cc(C(=O)NC(C)(CN)C2CC2)cc(C)c1OC(F)F. The Hall–Kier alpha value is -1.69. The van der Waals surface area contributed by atoms with Crippen LogP contribution in [0.15, 0.2) is 12.1 Å². The number of rotatable bonds is 6. The van der Waals surface area contributed by atoms with Crippen LogP contribution in [0.3, 0.4) is 0 Å². The summed E-state index contributed by atoms with van der Waals surface area (Å²) < 4.78 is 29.3. The molecular weight excluding hydrogens is 290 g/mol. The topological polar surface area (TPSA) is 64.4 Å². The van der Waals surface area contributed by atoms with Crippen LogP contribution < -0.4 is 15.8 Å². The molecule has 4 nitrogen and oxygen atoms in total. The van der Waals surface area contributed by atoms with E-state index in [0.717, 1.165) is 12.8 Å². The smallest absolute Gasteiger partial charge is 0.387 e. The Labute approximate surface area is 129 Å². The summed E-state index contributed by atoms with van der Waals surface area (Å²) >= 11 is 0. The first-order valence-electron chi connectivity index (χ1n) is 7.35. The Kier molecular flexibility index (Phi) is 4.70. The average Bonchev–Trinajstić information content (AvgIpc) is 3.27. The Morgan fingerprint density at radius 3 is 2.36 bits per heavy atom. The number of hydrogen-bond donors (Lipinski definition) is 2. The van der Waals surface area contributed by atoms with Crippen molar-refractivity contribution in [3.8, 4) is 5.75 Å². The Balaban J connectivity index is 2.20. The van der Waals surface area contributed by atoms with Crippen LogP contribution in [0.5, 0.6) is 5.75 Å². The van der Waals surface area contributed by atoms with Gasteiger partial charge in [0, 0.05) is 12.1 Å². The number of nitrogens with one attached hydrogen (secondary N) is 1. The largest absolute Gasteiger partial charge is 0.434 e. The molecular formula is C16H22F2N2O2. The van der Waals surface area contributed by atoms with Crippen LogP contribution in [0, 0.1) is 19.8 Å². The lowest BCUT2D eigenvalue weighted by Crippen LogP contribution is -2.53. The minimum Gasteiger partial charge on any atom is -0.434 e. The highest BCUT2D eigenvalue weighted by atomic mass is 19.3. The number of halogens is 2. The molecule has 1 aliphatic carbocycles. The van der Waals surface area contributed by atoms with Crippen molar-refractivity contribution in [2.24, 2.45) is 11.7 Å². The number of ether oxygens (including phenoxy) is 1. The number of carbonyl (C=O) groups excluding carboxylic acids is 1. The van der Waals surface area contributed by atoms with Gasteiger partial charge in [-0.15, -0.1) is 0 Å². The monoisotopic (exact) mass is 312 g/mol. The van der Waals surface area contributed by atoms with Gasteiger partial charge in [-0.1, -0.05) is 0 Å². The highest BCUT2D eigenvalue weighted by Crippen LogP contribution is 2.39. The molecule has 1 aromatic rings. The van der Waals surface area contributed by atoms with Crippen LogP contribution in [0.4, 0.5) is 8.78 Å². The quantitative estimate of drug-likeness (QED) is 0.849. The molecule has 22 heavy (non-hydrogen) atoms. The second kappa shape index (κ2) is 6.20. The minimum atomic E-state index is -2.88. The molecule has 0 saturated heterocycles. The summed E-state index contributed by atoms with van der Waals surface area (Å²) in [5.41, 5.74) is 6.81. The fourth-order valence-electron chi connectivity index (χ4n) is 2.73. The van der Waals surface area contributed by atoms with Gasteiger partial charge in [0.25, 0.3) is 5.91 Å². The third-order valence-corrected chi connectivity index (χ3v) is 4.23. The Morgan fingerprint density at radius 1 is 1.41 bits per heavy atom. The van der Waals surface area contributed by atoms with Crippen molar-refractivity contribution >= 4 is 5.91 Å². The Bertz CT molecular complexity index is 550. The molecule has 2 rings (SSSR count). The number of alkyl halides is 2. The number of aryl methyl sites for hydroxylation is 2. The van der Waals surface area contributed by atoms with Crippen molar-refractivity contribution in [2.75, 3.05) is 6.54 Å². The van der Waals surface area contributed by atoms with Gasteiger partial charge in [0.1, 0.15) is 5.75 Å². The van der Waals surface area contributed by atoms with Crippen molar-refractivity contribution in [1.29, 1.82) is 0 Å². The molecule has 3 N–H and O–H groups in total. The average molecular weight is 312 g/mol. The van der Waals surface area contributed by atoms with E-state index in [1.54, 1.807) is 26.0 Å². The second-order valence-corrected chi connectivity index (χ2v) is 6.17. The van der Waals surface area contributed by atoms with Gasteiger partial charge in [0.05, 0.1) is 5.54 Å². The van der Waals surface area contributed by atoms with Crippen LogP contribution in [-0.2, 0) is 0 Å². The predicted molar refractivity (Wildman–Crippen MR) is 80.2 cm³/mol. The maximum atomic E-state index is 12.4. The van der Waals surface area contributed by atoms with Crippen molar-refractivity contribution in [3.05, 3.63) is 28.8 Å². The summed E-state index contributed by atoms with van der Waals surface area (Å²) in [7, 11) is 0. The normalized spacial score (nSPS) is 17.2. The zero-order valence-corrected chi connectivity index (χ0v) is 13.1. The van der Waals surface area contributed by atoms with E-state index in [1.165, 1.54) is 0 Å². The van der Waals surface area contributed by atoms with Crippen LogP contribution in [0.25, 0.3) is 0 Å². The number of nitrogens with two attached hydrogens (primary N) is 1. The van der Waals surface area contributed by atoms with E-state index >= 15 is 0 Å². The van der Waals surface area contributed by atoms with E-state index < -0.39 is 12.2 Å². The van der Waals surface area contributed by atoms with E-state index in [1.807, 2.05) is 6.92 Å². The van der Waals surface area contributed by atoms with Crippen molar-refractivity contribution in [3.63, 3.8) is 0 Å². The molecule has 6 heteroatoms. The molecule has 0 heterocycles. The summed E-state index contributed by atoms with van der Waals surface area (Å²) in [5.74, 6) is 0.287. The summed E-state index contributed by atoms with van der Waals surface area (Å²) in [4.78, 5) is 12.4. The van der Waals surface area contributed by atoms with Crippen molar-refractivity contribution < 1.29 is 18.3 Å². The lowest BCUT2D eigenvalue weighted by atomic mass is 9.95. The third kappa shape index (κ3) is 3.55. The zero-order valence-electron chi connectivity index (χ0n) is 13.1. The molecule has 1 saturated carbocycles. The third-order valence-electron chi connectivity index (χ3n) is 4.23. The molecule has 1 aromatic carbocycles. The number of amides is 1. The lowest BCUT2D eigenvalue weighted by Gasteiger charge is -2.29. The number of benzene rings is 1. The lowest BCUT2D eigenvalue weighted by molar-refractivity contribution is -0.0507. The molecule has 0 bridgehead atoms. The van der Waals surface area contributed by atoms with Gasteiger partial charge in [-0.05, 0) is 62.8 Å². The van der Waals surface area contributed by atoms with Crippen LogP contribution in [0.2, 0.25) is 0 Å². The first-order valence-corrected chi connectivity index (χ1v) is 7.35. The number of carbonyl (C=O) groups is 1. The molecule has 1 unspecified atom stereocenters. The predicted octanol–water partition coefficient (Wildman–Crippen LogP) is 2.76. The molecule has 1 atom stereocenters. The van der Waals surface area contributed by atoms with E-state index in [0.29, 0.717) is 29.2 Å². The highest BCUT2D eigenvalue weighted by Gasteiger charge is 2.41. The van der Waals surface area contributed by atoms with E-state index in [9.17, 15) is 13.6 Å². The van der Waals surface area contributed by atoms with Crippen molar-refractivity contribution in [1.82, 2.24) is 5.32 Å². The zero-order chi connectivity index (χ0) is 16.5. The molecule has 122 valence electrons. The number of hydrogen-bond acceptors (Lipinski definition) is 3. The van der Waals surface area contributed by atoms with Gasteiger partial charge < -0.3 is 15.8 Å². The molecule has 0 spiro atoms. The van der Waals surface area contributed by atoms with E-state index in [4.69, 9.17) is 5.73 Å². The second-order valence-electron chi connectivity index (χ2n) is 6.17. The van der Waals surface area contributed by atoms with Gasteiger partial charge in [-0.3, -0.25) is 4.79 Å². The van der Waals surface area contributed by atoms with Gasteiger partial charge in [0.2, 0.25) is 0 Å². The van der Waals surface area contributed by atoms with Crippen LogP contribution in [-0.4, -0.2) is 24.6 Å². The van der Waals surface area contributed by atoms with Gasteiger partial charge in [-0.2, -0.15) is 8.78 Å². The van der Waals surface area contributed by atoms with Crippen molar-refractivity contribution in [2.45, 2.75) is 45.8 Å². The summed E-state index contributed by atoms with van der Waals surface area (Å²) in [6, 6.07) is 3.12. The summed E-state index contributed by atoms with van der Waals surface area (Å²) in [6.45, 7) is 2.71. The molecule has 1 aliphatic rings. The van der Waals surface area contributed by atoms with Crippen LogP contribution in [0.1, 0.15) is 41.3 Å². The summed E-state index contributed by atoms with van der Waals surface area (Å²) in [5, 5.41) is 2.98. The minimum absolute atomic E-state index is 0.121. The summed E-state index contributed by atoms with van der Waals surface area (Å²) in [6.07, 6.45) is 2.13.